The highest BCUT2D eigenvalue weighted by atomic mass is 32.1. The van der Waals surface area contributed by atoms with E-state index in [1.54, 1.807) is 26.0 Å². The molecule has 1 aliphatic heterocycles. The molecule has 0 bridgehead atoms. The molecule has 0 aliphatic carbocycles. The maximum Gasteiger partial charge on any atom is 0.338 e. The van der Waals surface area contributed by atoms with Crippen molar-refractivity contribution in [1.82, 2.24) is 4.57 Å². The Morgan fingerprint density at radius 2 is 1.94 bits per heavy atom. The predicted molar refractivity (Wildman–Crippen MR) is 131 cm³/mol. The third-order valence-corrected chi connectivity index (χ3v) is 6.59. The third kappa shape index (κ3) is 4.52. The van der Waals surface area contributed by atoms with Crippen molar-refractivity contribution in [2.75, 3.05) is 13.7 Å². The van der Waals surface area contributed by atoms with Gasteiger partial charge in [0.15, 0.2) is 10.6 Å². The lowest BCUT2D eigenvalue weighted by Gasteiger charge is -2.24. The van der Waals surface area contributed by atoms with Crippen LogP contribution in [0.15, 0.2) is 63.5 Å². The molecule has 0 fully saturated rings. The first-order chi connectivity index (χ1) is 16.7. The van der Waals surface area contributed by atoms with Crippen LogP contribution in [0.5, 0.6) is 5.75 Å². The summed E-state index contributed by atoms with van der Waals surface area (Å²) in [5.41, 5.74) is 2.48. The van der Waals surface area contributed by atoms with E-state index in [4.69, 9.17) is 9.47 Å². The van der Waals surface area contributed by atoms with E-state index in [0.717, 1.165) is 22.5 Å². The van der Waals surface area contributed by atoms with Crippen LogP contribution in [0, 0.1) is 17.0 Å². The summed E-state index contributed by atoms with van der Waals surface area (Å²) in [7, 11) is 1.36. The molecule has 0 spiro atoms. The van der Waals surface area contributed by atoms with Crippen LogP contribution in [0.3, 0.4) is 0 Å². The first-order valence-corrected chi connectivity index (χ1v) is 11.7. The zero-order chi connectivity index (χ0) is 25.3. The summed E-state index contributed by atoms with van der Waals surface area (Å²) in [5, 5.41) is 11.4. The molecule has 35 heavy (non-hydrogen) atoms. The van der Waals surface area contributed by atoms with Crippen molar-refractivity contribution < 1.29 is 19.2 Å². The molecule has 10 heteroatoms. The number of aromatic nitrogens is 1. The minimum Gasteiger partial charge on any atom is -0.490 e. The summed E-state index contributed by atoms with van der Waals surface area (Å²) in [6.07, 6.45) is 1.58. The van der Waals surface area contributed by atoms with Gasteiger partial charge in [0.1, 0.15) is 0 Å². The van der Waals surface area contributed by atoms with Crippen molar-refractivity contribution in [2.45, 2.75) is 26.8 Å². The second-order valence-corrected chi connectivity index (χ2v) is 8.91. The number of hydrogen-bond acceptors (Lipinski definition) is 8. The monoisotopic (exact) mass is 493 g/mol. The van der Waals surface area contributed by atoms with Gasteiger partial charge < -0.3 is 9.47 Å². The Balaban J connectivity index is 1.93. The van der Waals surface area contributed by atoms with Gasteiger partial charge >= 0.3 is 11.7 Å². The molecular weight excluding hydrogens is 470 g/mol. The van der Waals surface area contributed by atoms with Crippen molar-refractivity contribution in [3.63, 3.8) is 0 Å². The highest BCUT2D eigenvalue weighted by molar-refractivity contribution is 7.07. The number of carbonyl (C=O) groups is 1. The maximum absolute atomic E-state index is 13.6. The number of aryl methyl sites for hydroxylation is 1. The largest absolute Gasteiger partial charge is 0.490 e. The molecule has 1 unspecified atom stereocenters. The fourth-order valence-corrected chi connectivity index (χ4v) is 4.99. The fourth-order valence-electron chi connectivity index (χ4n) is 3.95. The van der Waals surface area contributed by atoms with E-state index < -0.39 is 16.9 Å². The van der Waals surface area contributed by atoms with E-state index in [0.29, 0.717) is 26.2 Å². The molecule has 9 nitrogen and oxygen atoms in total. The highest BCUT2D eigenvalue weighted by Gasteiger charge is 2.33. The summed E-state index contributed by atoms with van der Waals surface area (Å²) < 4.78 is 12.2. The molecule has 0 saturated carbocycles. The number of fused-ring (bicyclic) bond motifs is 1. The molecule has 0 radical (unpaired) electrons. The first-order valence-electron chi connectivity index (χ1n) is 10.8. The number of benzene rings is 2. The van der Waals surface area contributed by atoms with E-state index in [2.05, 4.69) is 4.99 Å². The summed E-state index contributed by atoms with van der Waals surface area (Å²) in [6, 6.07) is 11.3. The lowest BCUT2D eigenvalue weighted by molar-refractivity contribution is -0.385. The topological polar surface area (TPSA) is 113 Å². The highest BCUT2D eigenvalue weighted by Crippen LogP contribution is 2.31. The SMILES string of the molecule is CCOC(=O)C1=C(C)N=c2s/c(=C\c3ccc(OC)c([N+](=O)[O-])c3)c(=O)n2C1c1ccc(C)cc1. The summed E-state index contributed by atoms with van der Waals surface area (Å²) in [5.74, 6) is -0.401. The second kappa shape index (κ2) is 9.67. The molecular formula is C25H23N3O6S. The number of rotatable bonds is 6. The van der Waals surface area contributed by atoms with Gasteiger partial charge in [0.2, 0.25) is 0 Å². The molecule has 180 valence electrons. The van der Waals surface area contributed by atoms with Gasteiger partial charge in [0.25, 0.3) is 5.56 Å². The van der Waals surface area contributed by atoms with Gasteiger partial charge in [-0.3, -0.25) is 19.5 Å². The van der Waals surface area contributed by atoms with Crippen LogP contribution in [-0.4, -0.2) is 29.2 Å². The number of hydrogen-bond donors (Lipinski definition) is 0. The Labute approximate surface area is 204 Å². The van der Waals surface area contributed by atoms with Crippen LogP contribution < -0.4 is 19.6 Å². The molecule has 0 amide bonds. The van der Waals surface area contributed by atoms with E-state index in [9.17, 15) is 19.7 Å². The van der Waals surface area contributed by atoms with Gasteiger partial charge in [-0.25, -0.2) is 9.79 Å². The Bertz CT molecular complexity index is 1530. The number of ether oxygens (including phenoxy) is 2. The minimum absolute atomic E-state index is 0.127. The van der Waals surface area contributed by atoms with Gasteiger partial charge in [-0.05, 0) is 44.0 Å². The molecule has 0 saturated heterocycles. The van der Waals surface area contributed by atoms with Crippen LogP contribution in [0.2, 0.25) is 0 Å². The molecule has 3 aromatic rings. The molecule has 1 aromatic heterocycles. The van der Waals surface area contributed by atoms with Crippen molar-refractivity contribution in [2.24, 2.45) is 4.99 Å². The maximum atomic E-state index is 13.6. The quantitative estimate of drug-likeness (QED) is 0.296. The minimum atomic E-state index is -0.710. The third-order valence-electron chi connectivity index (χ3n) is 5.61. The summed E-state index contributed by atoms with van der Waals surface area (Å²) >= 11 is 1.15. The lowest BCUT2D eigenvalue weighted by atomic mass is 9.95. The zero-order valence-electron chi connectivity index (χ0n) is 19.6. The van der Waals surface area contributed by atoms with Gasteiger partial charge in [0.05, 0.1) is 40.5 Å². The number of methoxy groups -OCH3 is 1. The molecule has 0 N–H and O–H groups in total. The molecule has 1 atom stereocenters. The molecule has 2 aromatic carbocycles. The van der Waals surface area contributed by atoms with Crippen LogP contribution >= 0.6 is 11.3 Å². The molecule has 4 rings (SSSR count). The number of nitro benzene ring substituents is 1. The standard InChI is InChI=1S/C25H23N3O6S/c1-5-34-24(30)21-15(3)26-25-27(22(21)17-9-6-14(2)7-10-17)23(29)20(35-25)13-16-8-11-19(33-4)18(12-16)28(31)32/h6-13,22H,5H2,1-4H3/b20-13-. The summed E-state index contributed by atoms with van der Waals surface area (Å²) in [6.45, 7) is 5.59. The molecule has 1 aliphatic rings. The van der Waals surface area contributed by atoms with E-state index >= 15 is 0 Å². The Hall–Kier alpha value is -4.05. The Morgan fingerprint density at radius 3 is 2.57 bits per heavy atom. The van der Waals surface area contributed by atoms with Gasteiger partial charge in [-0.15, -0.1) is 0 Å². The second-order valence-electron chi connectivity index (χ2n) is 7.90. The van der Waals surface area contributed by atoms with E-state index in [1.165, 1.54) is 23.8 Å². The average Bonchev–Trinajstić information content (AvgIpc) is 3.13. The fraction of sp³-hybridized carbons (Fsp3) is 0.240. The van der Waals surface area contributed by atoms with E-state index in [1.807, 2.05) is 31.2 Å². The average molecular weight is 494 g/mol. The van der Waals surface area contributed by atoms with Crippen LogP contribution in [0.25, 0.3) is 6.08 Å². The van der Waals surface area contributed by atoms with Crippen LogP contribution in [-0.2, 0) is 9.53 Å². The lowest BCUT2D eigenvalue weighted by Crippen LogP contribution is -2.39. The smallest absolute Gasteiger partial charge is 0.338 e. The zero-order valence-corrected chi connectivity index (χ0v) is 20.4. The van der Waals surface area contributed by atoms with Gasteiger partial charge in [-0.2, -0.15) is 0 Å². The van der Waals surface area contributed by atoms with Crippen LogP contribution in [0.4, 0.5) is 5.69 Å². The van der Waals surface area contributed by atoms with E-state index in [-0.39, 0.29) is 23.6 Å². The number of nitrogens with zero attached hydrogens (tertiary/aromatic N) is 3. The van der Waals surface area contributed by atoms with Crippen molar-refractivity contribution in [3.05, 3.63) is 100 Å². The number of esters is 1. The Kier molecular flexibility index (Phi) is 6.65. The Morgan fingerprint density at radius 1 is 1.23 bits per heavy atom. The van der Waals surface area contributed by atoms with Crippen molar-refractivity contribution >= 4 is 29.1 Å². The van der Waals surface area contributed by atoms with Crippen LogP contribution in [0.1, 0.15) is 36.6 Å². The predicted octanol–water partition coefficient (Wildman–Crippen LogP) is 3.02. The first kappa shape index (κ1) is 24.1. The normalized spacial score (nSPS) is 15.4. The van der Waals surface area contributed by atoms with Crippen molar-refractivity contribution in [1.29, 1.82) is 0 Å². The van der Waals surface area contributed by atoms with Gasteiger partial charge in [-0.1, -0.05) is 47.2 Å². The number of allylic oxidation sites excluding steroid dienone is 1. The number of thiazole rings is 1. The number of nitro groups is 1. The number of carbonyl (C=O) groups excluding carboxylic acids is 1. The summed E-state index contributed by atoms with van der Waals surface area (Å²) in [4.78, 5) is 42.3. The van der Waals surface area contributed by atoms with Gasteiger partial charge in [0, 0.05) is 6.07 Å². The van der Waals surface area contributed by atoms with Crippen molar-refractivity contribution in [3.8, 4) is 5.75 Å². The molecule has 2 heterocycles.